The molecule has 0 spiro atoms. The molecule has 13 heavy (non-hydrogen) atoms. The molecule has 0 N–H and O–H groups in total. The van der Waals surface area contributed by atoms with Crippen molar-refractivity contribution in [2.45, 2.75) is 41.0 Å². The minimum Gasteiger partial charge on any atom is -0.0874 e. The quantitative estimate of drug-likeness (QED) is 0.558. The summed E-state index contributed by atoms with van der Waals surface area (Å²) < 4.78 is 0. The van der Waals surface area contributed by atoms with E-state index < -0.39 is 0 Å². The molecule has 0 fully saturated rings. The molecule has 0 atom stereocenters. The molecule has 0 saturated heterocycles. The predicted octanol–water partition coefficient (Wildman–Crippen LogP) is 4.50. The highest BCUT2D eigenvalue weighted by molar-refractivity contribution is 5.28. The molecular weight excluding hydrogens is 156 g/mol. The van der Waals surface area contributed by atoms with Gasteiger partial charge in [-0.3, -0.25) is 0 Å². The summed E-state index contributed by atoms with van der Waals surface area (Å²) >= 11 is 0. The lowest BCUT2D eigenvalue weighted by atomic mass is 9.86. The number of hydrogen-bond acceptors (Lipinski definition) is 0. The van der Waals surface area contributed by atoms with Crippen molar-refractivity contribution in [1.82, 2.24) is 0 Å². The Morgan fingerprint density at radius 2 is 1.85 bits per heavy atom. The van der Waals surface area contributed by atoms with E-state index in [0.29, 0.717) is 0 Å². The van der Waals surface area contributed by atoms with Gasteiger partial charge >= 0.3 is 0 Å². The van der Waals surface area contributed by atoms with Crippen LogP contribution in [0.15, 0.2) is 36.0 Å². The Hall–Kier alpha value is -0.780. The number of rotatable bonds is 3. The average molecular weight is 178 g/mol. The van der Waals surface area contributed by atoms with Gasteiger partial charge in [0, 0.05) is 0 Å². The SMILES string of the molecule is CC=CC(=CC=CCC)C(C)(C)C. The third kappa shape index (κ3) is 5.46. The van der Waals surface area contributed by atoms with Gasteiger partial charge in [0.25, 0.3) is 0 Å². The molecule has 0 aliphatic carbocycles. The average Bonchev–Trinajstić information content (AvgIpc) is 2.01. The second-order valence-electron chi connectivity index (χ2n) is 4.21. The first-order chi connectivity index (χ1) is 6.02. The smallest absolute Gasteiger partial charge is 0.0132 e. The lowest BCUT2D eigenvalue weighted by molar-refractivity contribution is 0.517. The normalized spacial score (nSPS) is 14.7. The first kappa shape index (κ1) is 12.2. The third-order valence-electron chi connectivity index (χ3n) is 1.86. The van der Waals surface area contributed by atoms with Crippen LogP contribution in [0.3, 0.4) is 0 Å². The maximum absolute atomic E-state index is 2.23. The molecule has 0 aromatic heterocycles. The summed E-state index contributed by atoms with van der Waals surface area (Å²) in [5.74, 6) is 0. The van der Waals surface area contributed by atoms with Crippen molar-refractivity contribution in [3.8, 4) is 0 Å². The minimum atomic E-state index is 0.241. The summed E-state index contributed by atoms with van der Waals surface area (Å²) in [6.07, 6.45) is 11.9. The second kappa shape index (κ2) is 5.80. The van der Waals surface area contributed by atoms with E-state index in [-0.39, 0.29) is 5.41 Å². The fourth-order valence-corrected chi connectivity index (χ4v) is 1.04. The Balaban J connectivity index is 4.61. The zero-order valence-electron chi connectivity index (χ0n) is 9.59. The lowest BCUT2D eigenvalue weighted by Crippen LogP contribution is -2.06. The van der Waals surface area contributed by atoms with Gasteiger partial charge in [-0.2, -0.15) is 0 Å². The van der Waals surface area contributed by atoms with Crippen LogP contribution in [-0.4, -0.2) is 0 Å². The van der Waals surface area contributed by atoms with Crippen LogP contribution < -0.4 is 0 Å². The predicted molar refractivity (Wildman–Crippen MR) is 61.8 cm³/mol. The summed E-state index contributed by atoms with van der Waals surface area (Å²) in [5, 5.41) is 0. The molecule has 0 aliphatic heterocycles. The summed E-state index contributed by atoms with van der Waals surface area (Å²) in [6.45, 7) is 10.9. The highest BCUT2D eigenvalue weighted by atomic mass is 14.2. The van der Waals surface area contributed by atoms with E-state index in [2.05, 4.69) is 65.0 Å². The Bertz CT molecular complexity index is 209. The monoisotopic (exact) mass is 178 g/mol. The van der Waals surface area contributed by atoms with Crippen molar-refractivity contribution in [3.63, 3.8) is 0 Å². The van der Waals surface area contributed by atoms with Crippen molar-refractivity contribution < 1.29 is 0 Å². The van der Waals surface area contributed by atoms with Gasteiger partial charge in [0.05, 0.1) is 0 Å². The molecule has 0 heteroatoms. The summed E-state index contributed by atoms with van der Waals surface area (Å²) in [4.78, 5) is 0. The Kier molecular flexibility index (Phi) is 5.45. The summed E-state index contributed by atoms with van der Waals surface area (Å²) in [5.41, 5.74) is 1.62. The standard InChI is InChI=1S/C13H22/c1-6-8-9-11-12(10-7-2)13(3,4)5/h7-11H,6H2,1-5H3. The van der Waals surface area contributed by atoms with Gasteiger partial charge in [-0.1, -0.05) is 58.1 Å². The van der Waals surface area contributed by atoms with Crippen LogP contribution in [0.5, 0.6) is 0 Å². The summed E-state index contributed by atoms with van der Waals surface area (Å²) in [6, 6.07) is 0. The van der Waals surface area contributed by atoms with Crippen molar-refractivity contribution in [2.24, 2.45) is 5.41 Å². The van der Waals surface area contributed by atoms with Gasteiger partial charge in [0.2, 0.25) is 0 Å². The van der Waals surface area contributed by atoms with E-state index in [1.165, 1.54) is 5.57 Å². The van der Waals surface area contributed by atoms with Crippen LogP contribution >= 0.6 is 0 Å². The number of allylic oxidation sites excluding steroid dienone is 6. The molecule has 0 radical (unpaired) electrons. The Morgan fingerprint density at radius 3 is 2.23 bits per heavy atom. The molecule has 0 aromatic carbocycles. The first-order valence-corrected chi connectivity index (χ1v) is 5.02. The van der Waals surface area contributed by atoms with Gasteiger partial charge in [0.15, 0.2) is 0 Å². The largest absolute Gasteiger partial charge is 0.0874 e. The molecule has 0 aromatic rings. The Morgan fingerprint density at radius 1 is 1.23 bits per heavy atom. The van der Waals surface area contributed by atoms with Crippen molar-refractivity contribution in [2.75, 3.05) is 0 Å². The van der Waals surface area contributed by atoms with E-state index in [1.807, 2.05) is 0 Å². The van der Waals surface area contributed by atoms with E-state index in [4.69, 9.17) is 0 Å². The molecular formula is C13H22. The van der Waals surface area contributed by atoms with Gasteiger partial charge in [-0.25, -0.2) is 0 Å². The van der Waals surface area contributed by atoms with Crippen LogP contribution in [0.25, 0.3) is 0 Å². The lowest BCUT2D eigenvalue weighted by Gasteiger charge is -2.19. The first-order valence-electron chi connectivity index (χ1n) is 5.02. The van der Waals surface area contributed by atoms with E-state index in [0.717, 1.165) is 6.42 Å². The zero-order chi connectivity index (χ0) is 10.3. The van der Waals surface area contributed by atoms with Crippen LogP contribution in [0, 0.1) is 5.41 Å². The van der Waals surface area contributed by atoms with Crippen LogP contribution in [0.4, 0.5) is 0 Å². The molecule has 0 amide bonds. The van der Waals surface area contributed by atoms with Crippen LogP contribution in [0.1, 0.15) is 41.0 Å². The van der Waals surface area contributed by atoms with Crippen molar-refractivity contribution in [1.29, 1.82) is 0 Å². The molecule has 0 unspecified atom stereocenters. The topological polar surface area (TPSA) is 0 Å². The van der Waals surface area contributed by atoms with Crippen molar-refractivity contribution >= 4 is 0 Å². The molecule has 0 rings (SSSR count). The molecule has 0 bridgehead atoms. The van der Waals surface area contributed by atoms with E-state index in [1.54, 1.807) is 0 Å². The maximum atomic E-state index is 2.23. The van der Waals surface area contributed by atoms with E-state index in [9.17, 15) is 0 Å². The minimum absolute atomic E-state index is 0.241. The van der Waals surface area contributed by atoms with Gasteiger partial charge < -0.3 is 0 Å². The Labute approximate surface area is 83.0 Å². The molecule has 0 aliphatic rings. The fraction of sp³-hybridized carbons (Fsp3) is 0.538. The van der Waals surface area contributed by atoms with Crippen LogP contribution in [0.2, 0.25) is 0 Å². The molecule has 0 heterocycles. The molecule has 0 saturated carbocycles. The summed E-state index contributed by atoms with van der Waals surface area (Å²) in [7, 11) is 0. The highest BCUT2D eigenvalue weighted by Gasteiger charge is 2.12. The zero-order valence-corrected chi connectivity index (χ0v) is 9.59. The maximum Gasteiger partial charge on any atom is -0.0132 e. The van der Waals surface area contributed by atoms with Gasteiger partial charge in [-0.05, 0) is 24.3 Å². The van der Waals surface area contributed by atoms with Crippen molar-refractivity contribution in [3.05, 3.63) is 36.0 Å². The highest BCUT2D eigenvalue weighted by Crippen LogP contribution is 2.26. The van der Waals surface area contributed by atoms with E-state index >= 15 is 0 Å². The fourth-order valence-electron chi connectivity index (χ4n) is 1.04. The second-order valence-corrected chi connectivity index (χ2v) is 4.21. The molecule has 74 valence electrons. The molecule has 0 nitrogen and oxygen atoms in total. The third-order valence-corrected chi connectivity index (χ3v) is 1.86. The van der Waals surface area contributed by atoms with Gasteiger partial charge in [-0.15, -0.1) is 0 Å². The number of hydrogen-bond donors (Lipinski definition) is 0. The van der Waals surface area contributed by atoms with Crippen LogP contribution in [-0.2, 0) is 0 Å². The van der Waals surface area contributed by atoms with Gasteiger partial charge in [0.1, 0.15) is 0 Å².